The van der Waals surface area contributed by atoms with Crippen LogP contribution in [0.4, 0.5) is 0 Å². The van der Waals surface area contributed by atoms with Crippen LogP contribution in [0.2, 0.25) is 0 Å². The first kappa shape index (κ1) is 23.0. The molecule has 1 saturated heterocycles. The average Bonchev–Trinajstić information content (AvgIpc) is 3.60. The highest BCUT2D eigenvalue weighted by Crippen LogP contribution is 2.37. The number of aromatic nitrogens is 4. The Kier molecular flexibility index (Phi) is 5.47. The van der Waals surface area contributed by atoms with Crippen molar-refractivity contribution >= 4 is 32.1 Å². The molecule has 0 atom stereocenters. The van der Waals surface area contributed by atoms with Gasteiger partial charge in [-0.2, -0.15) is 0 Å². The van der Waals surface area contributed by atoms with Crippen LogP contribution in [0.5, 0.6) is 0 Å². The molecular formula is C26H27N5O4S. The molecule has 186 valence electrons. The van der Waals surface area contributed by atoms with Crippen molar-refractivity contribution in [3.63, 3.8) is 0 Å². The van der Waals surface area contributed by atoms with Gasteiger partial charge < -0.3 is 19.0 Å². The van der Waals surface area contributed by atoms with Gasteiger partial charge in [-0.3, -0.25) is 0 Å². The van der Waals surface area contributed by atoms with Gasteiger partial charge in [-0.1, -0.05) is 17.7 Å². The highest BCUT2D eigenvalue weighted by molar-refractivity contribution is 7.90. The van der Waals surface area contributed by atoms with E-state index in [0.717, 1.165) is 42.4 Å². The second-order valence-electron chi connectivity index (χ2n) is 9.42. The molecule has 5 aromatic rings. The molecule has 1 fully saturated rings. The van der Waals surface area contributed by atoms with Crippen LogP contribution in [0.3, 0.4) is 0 Å². The molecule has 0 unspecified atom stereocenters. The summed E-state index contributed by atoms with van der Waals surface area (Å²) in [6.45, 7) is 3.62. The predicted molar refractivity (Wildman–Crippen MR) is 136 cm³/mol. The molecular weight excluding hydrogens is 478 g/mol. The normalized spacial score (nSPS) is 15.9. The molecule has 0 saturated carbocycles. The van der Waals surface area contributed by atoms with Crippen LogP contribution in [0.25, 0.3) is 33.7 Å². The predicted octanol–water partition coefficient (Wildman–Crippen LogP) is 3.95. The first-order chi connectivity index (χ1) is 17.4. The molecule has 36 heavy (non-hydrogen) atoms. The number of piperidine rings is 1. The Balaban J connectivity index is 1.58. The van der Waals surface area contributed by atoms with Crippen LogP contribution in [0.1, 0.15) is 30.2 Å². The lowest BCUT2D eigenvalue weighted by atomic mass is 10.0. The molecule has 1 aliphatic heterocycles. The summed E-state index contributed by atoms with van der Waals surface area (Å²) in [5, 5.41) is 10.2. The van der Waals surface area contributed by atoms with Crippen molar-refractivity contribution in [3.8, 4) is 11.6 Å². The highest BCUT2D eigenvalue weighted by atomic mass is 32.2. The number of imidazole rings is 1. The van der Waals surface area contributed by atoms with Gasteiger partial charge in [-0.15, -0.1) is 0 Å². The lowest BCUT2D eigenvalue weighted by Crippen LogP contribution is -2.31. The van der Waals surface area contributed by atoms with Crippen LogP contribution in [-0.4, -0.2) is 57.1 Å². The number of pyridine rings is 1. The lowest BCUT2D eigenvalue weighted by Gasteiger charge is -2.31. The van der Waals surface area contributed by atoms with Gasteiger partial charge >= 0.3 is 0 Å². The number of aryl methyl sites for hydroxylation is 1. The van der Waals surface area contributed by atoms with Crippen molar-refractivity contribution in [2.24, 2.45) is 0 Å². The van der Waals surface area contributed by atoms with Gasteiger partial charge in [0.05, 0.1) is 16.6 Å². The average molecular weight is 506 g/mol. The summed E-state index contributed by atoms with van der Waals surface area (Å²) in [6, 6.07) is 12.3. The zero-order valence-corrected chi connectivity index (χ0v) is 20.9. The van der Waals surface area contributed by atoms with Crippen LogP contribution in [0, 0.1) is 6.92 Å². The van der Waals surface area contributed by atoms with Crippen LogP contribution in [0.15, 0.2) is 64.2 Å². The smallest absolute Gasteiger partial charge is 0.269 e. The molecule has 0 spiro atoms. The number of aliphatic hydroxyl groups is 1. The topological polar surface area (TPSA) is 106 Å². The minimum absolute atomic E-state index is 0.159. The minimum Gasteiger partial charge on any atom is -0.455 e. The molecule has 0 radical (unpaired) electrons. The van der Waals surface area contributed by atoms with Crippen molar-refractivity contribution < 1.29 is 17.9 Å². The molecule has 0 bridgehead atoms. The van der Waals surface area contributed by atoms with E-state index in [1.54, 1.807) is 48.8 Å². The summed E-state index contributed by atoms with van der Waals surface area (Å²) >= 11 is 0. The number of likely N-dealkylation sites (tertiary alicyclic amines) is 1. The number of benzene rings is 1. The third-order valence-corrected chi connectivity index (χ3v) is 8.68. The fraction of sp³-hybridized carbons (Fsp3) is 0.308. The van der Waals surface area contributed by atoms with Crippen molar-refractivity contribution in [2.75, 3.05) is 20.1 Å². The zero-order valence-electron chi connectivity index (χ0n) is 20.1. The van der Waals surface area contributed by atoms with Gasteiger partial charge in [0.15, 0.2) is 17.2 Å². The number of furan rings is 1. The number of fused-ring (bicyclic) bond motifs is 3. The molecule has 9 nitrogen and oxygen atoms in total. The van der Waals surface area contributed by atoms with E-state index in [9.17, 15) is 13.5 Å². The van der Waals surface area contributed by atoms with E-state index in [-0.39, 0.29) is 17.5 Å². The lowest BCUT2D eigenvalue weighted by molar-refractivity contribution is 0.224. The Bertz CT molecular complexity index is 1670. The van der Waals surface area contributed by atoms with Gasteiger partial charge in [0.1, 0.15) is 17.9 Å². The van der Waals surface area contributed by atoms with E-state index in [1.807, 2.05) is 13.0 Å². The molecule has 1 aliphatic rings. The number of aliphatic hydroxyl groups excluding tert-OH is 1. The van der Waals surface area contributed by atoms with Crippen LogP contribution in [-0.2, 0) is 16.6 Å². The maximum atomic E-state index is 13.5. The summed E-state index contributed by atoms with van der Waals surface area (Å²) in [7, 11) is -1.71. The van der Waals surface area contributed by atoms with Crippen molar-refractivity contribution in [2.45, 2.75) is 37.3 Å². The van der Waals surface area contributed by atoms with Crippen molar-refractivity contribution in [3.05, 3.63) is 66.2 Å². The minimum atomic E-state index is -3.83. The summed E-state index contributed by atoms with van der Waals surface area (Å²) in [4.78, 5) is 11.9. The molecule has 4 aromatic heterocycles. The number of nitrogens with zero attached hydrogens (tertiary/aromatic N) is 5. The fourth-order valence-corrected chi connectivity index (χ4v) is 6.33. The largest absolute Gasteiger partial charge is 0.455 e. The van der Waals surface area contributed by atoms with Gasteiger partial charge in [0, 0.05) is 17.6 Å². The summed E-state index contributed by atoms with van der Waals surface area (Å²) < 4.78 is 36.3. The Morgan fingerprint density at radius 2 is 1.83 bits per heavy atom. The van der Waals surface area contributed by atoms with Gasteiger partial charge in [0.25, 0.3) is 10.0 Å². The molecule has 1 N–H and O–H groups in total. The zero-order chi connectivity index (χ0) is 25.0. The van der Waals surface area contributed by atoms with Crippen molar-refractivity contribution in [1.29, 1.82) is 0 Å². The quantitative estimate of drug-likeness (QED) is 0.385. The second kappa shape index (κ2) is 8.58. The van der Waals surface area contributed by atoms with E-state index in [0.29, 0.717) is 28.5 Å². The van der Waals surface area contributed by atoms with Gasteiger partial charge in [-0.05, 0) is 70.2 Å². The molecule has 0 amide bonds. The number of rotatable bonds is 5. The maximum Gasteiger partial charge on any atom is 0.269 e. The molecule has 5 heterocycles. The van der Waals surface area contributed by atoms with Crippen LogP contribution >= 0.6 is 0 Å². The summed E-state index contributed by atoms with van der Waals surface area (Å²) in [5.74, 6) is 1.68. The number of hydrogen-bond acceptors (Lipinski definition) is 7. The van der Waals surface area contributed by atoms with E-state index in [4.69, 9.17) is 9.40 Å². The summed E-state index contributed by atoms with van der Waals surface area (Å²) in [6.07, 6.45) is 5.04. The van der Waals surface area contributed by atoms with Crippen molar-refractivity contribution in [1.82, 2.24) is 23.4 Å². The number of hydrogen-bond donors (Lipinski definition) is 1. The SMILES string of the molecule is Cc1ccc(S(=O)(=O)n2ccc3c2ncc2nc(-c4ccc(CO)o4)n(C4CCN(C)CC4)c23)cc1. The van der Waals surface area contributed by atoms with Gasteiger partial charge in [-0.25, -0.2) is 22.4 Å². The van der Waals surface area contributed by atoms with Crippen LogP contribution < -0.4 is 0 Å². The third kappa shape index (κ3) is 3.64. The van der Waals surface area contributed by atoms with E-state index in [2.05, 4.69) is 21.5 Å². The van der Waals surface area contributed by atoms with Gasteiger partial charge in [0.2, 0.25) is 0 Å². The first-order valence-electron chi connectivity index (χ1n) is 12.0. The van der Waals surface area contributed by atoms with E-state index in [1.165, 1.54) is 3.97 Å². The van der Waals surface area contributed by atoms with E-state index >= 15 is 0 Å². The third-order valence-electron chi connectivity index (χ3n) is 7.00. The standard InChI is InChI=1S/C26H27N5O4S/c1-17-3-6-20(7-4-17)36(33,34)30-14-11-21-24-22(15-27-25(21)30)28-26(23-8-5-19(16-32)35-23)31(24)18-9-12-29(2)13-10-18/h3-8,11,14-15,18,32H,9-10,12-13,16H2,1-2H3. The molecule has 0 aliphatic carbocycles. The Hall–Kier alpha value is -3.47. The monoisotopic (exact) mass is 505 g/mol. The summed E-state index contributed by atoms with van der Waals surface area (Å²) in [5.41, 5.74) is 2.86. The fourth-order valence-electron chi connectivity index (χ4n) is 5.03. The Morgan fingerprint density at radius 3 is 2.53 bits per heavy atom. The first-order valence-corrected chi connectivity index (χ1v) is 13.4. The van der Waals surface area contributed by atoms with E-state index < -0.39 is 10.0 Å². The molecule has 6 rings (SSSR count). The highest BCUT2D eigenvalue weighted by Gasteiger charge is 2.28. The second-order valence-corrected chi connectivity index (χ2v) is 11.2. The maximum absolute atomic E-state index is 13.5. The molecule has 1 aromatic carbocycles. The Labute approximate surface area is 208 Å². The molecule has 10 heteroatoms. The Morgan fingerprint density at radius 1 is 1.08 bits per heavy atom.